The summed E-state index contributed by atoms with van der Waals surface area (Å²) in [5.41, 5.74) is 0.974. The number of rotatable bonds is 2. The zero-order valence-corrected chi connectivity index (χ0v) is 14.8. The Labute approximate surface area is 150 Å². The van der Waals surface area contributed by atoms with Crippen LogP contribution in [0.3, 0.4) is 0 Å². The predicted octanol–water partition coefficient (Wildman–Crippen LogP) is 3.28. The van der Waals surface area contributed by atoms with Gasteiger partial charge >= 0.3 is 12.2 Å². The minimum absolute atomic E-state index is 0.0504. The quantitative estimate of drug-likeness (QED) is 0.868. The van der Waals surface area contributed by atoms with E-state index in [9.17, 15) is 18.0 Å². The highest BCUT2D eigenvalue weighted by Crippen LogP contribution is 2.50. The minimum atomic E-state index is -4.24. The summed E-state index contributed by atoms with van der Waals surface area (Å²) in [6.45, 7) is 3.12. The van der Waals surface area contributed by atoms with Crippen LogP contribution < -0.4 is 5.32 Å². The van der Waals surface area contributed by atoms with Crippen LogP contribution in [0.4, 0.5) is 18.0 Å². The van der Waals surface area contributed by atoms with Crippen molar-refractivity contribution in [2.24, 2.45) is 11.3 Å². The lowest BCUT2D eigenvalue weighted by Gasteiger charge is -2.50. The number of piperidine rings is 1. The molecule has 2 amide bonds. The first-order valence-corrected chi connectivity index (χ1v) is 8.88. The molecule has 3 heterocycles. The molecular formula is C18H24F3N3O2. The third-order valence-electron chi connectivity index (χ3n) is 5.67. The molecule has 3 rings (SSSR count). The maximum absolute atomic E-state index is 13.5. The molecule has 0 bridgehead atoms. The number of hydrogen-bond donors (Lipinski definition) is 1. The van der Waals surface area contributed by atoms with Gasteiger partial charge in [0.2, 0.25) is 0 Å². The fraction of sp³-hybridized carbons (Fsp3) is 0.667. The first-order valence-electron chi connectivity index (χ1n) is 8.88. The first-order chi connectivity index (χ1) is 12.3. The number of halogens is 3. The number of pyridine rings is 1. The lowest BCUT2D eigenvalue weighted by Crippen LogP contribution is -2.58. The van der Waals surface area contributed by atoms with Crippen molar-refractivity contribution in [3.8, 4) is 0 Å². The topological polar surface area (TPSA) is 54.5 Å². The Morgan fingerprint density at radius 2 is 2.15 bits per heavy atom. The summed E-state index contributed by atoms with van der Waals surface area (Å²) in [4.78, 5) is 18.1. The number of amides is 2. The molecule has 5 nitrogen and oxygen atoms in total. The third kappa shape index (κ3) is 3.95. The van der Waals surface area contributed by atoms with E-state index in [1.54, 1.807) is 12.4 Å². The molecule has 2 aliphatic heterocycles. The van der Waals surface area contributed by atoms with E-state index in [4.69, 9.17) is 4.74 Å². The van der Waals surface area contributed by atoms with E-state index in [-0.39, 0.29) is 25.5 Å². The number of ether oxygens (including phenoxy) is 1. The smallest absolute Gasteiger partial charge is 0.381 e. The number of urea groups is 1. The van der Waals surface area contributed by atoms with Crippen LogP contribution in [-0.4, -0.2) is 48.4 Å². The number of likely N-dealkylation sites (tertiary alicyclic amines) is 1. The lowest BCUT2D eigenvalue weighted by molar-refractivity contribution is -0.232. The molecule has 8 heteroatoms. The van der Waals surface area contributed by atoms with Crippen LogP contribution in [-0.2, 0) is 11.3 Å². The first kappa shape index (κ1) is 18.9. The highest BCUT2D eigenvalue weighted by molar-refractivity contribution is 5.74. The minimum Gasteiger partial charge on any atom is -0.381 e. The molecule has 2 saturated heterocycles. The summed E-state index contributed by atoms with van der Waals surface area (Å²) in [7, 11) is 0. The average Bonchev–Trinajstić information content (AvgIpc) is 2.60. The van der Waals surface area contributed by atoms with Gasteiger partial charge in [0, 0.05) is 50.7 Å². The second-order valence-corrected chi connectivity index (χ2v) is 7.24. The number of carbonyl (C=O) groups excluding carboxylic acids is 1. The summed E-state index contributed by atoms with van der Waals surface area (Å²) in [5.74, 6) is -1.37. The molecule has 0 unspecified atom stereocenters. The molecule has 26 heavy (non-hydrogen) atoms. The number of aryl methyl sites for hydroxylation is 1. The molecule has 0 aromatic carbocycles. The van der Waals surface area contributed by atoms with Gasteiger partial charge < -0.3 is 15.0 Å². The van der Waals surface area contributed by atoms with Gasteiger partial charge in [0.05, 0.1) is 5.92 Å². The Morgan fingerprint density at radius 1 is 1.42 bits per heavy atom. The van der Waals surface area contributed by atoms with Gasteiger partial charge in [0.15, 0.2) is 0 Å². The zero-order chi connectivity index (χ0) is 18.8. The van der Waals surface area contributed by atoms with Crippen molar-refractivity contribution in [1.29, 1.82) is 0 Å². The van der Waals surface area contributed by atoms with Crippen LogP contribution in [0.25, 0.3) is 0 Å². The second-order valence-electron chi connectivity index (χ2n) is 7.24. The van der Waals surface area contributed by atoms with Crippen molar-refractivity contribution in [3.05, 3.63) is 29.6 Å². The second kappa shape index (κ2) is 7.42. The maximum Gasteiger partial charge on any atom is 0.392 e. The van der Waals surface area contributed by atoms with E-state index in [2.05, 4.69) is 10.3 Å². The van der Waals surface area contributed by atoms with Crippen LogP contribution in [0.2, 0.25) is 0 Å². The molecule has 0 saturated carbocycles. The number of alkyl halides is 3. The van der Waals surface area contributed by atoms with Crippen molar-refractivity contribution in [2.75, 3.05) is 26.3 Å². The molecule has 1 aromatic heterocycles. The highest BCUT2D eigenvalue weighted by atomic mass is 19.4. The van der Waals surface area contributed by atoms with E-state index in [0.717, 1.165) is 11.1 Å². The summed E-state index contributed by atoms with van der Waals surface area (Å²) in [5, 5.41) is 2.83. The van der Waals surface area contributed by atoms with E-state index < -0.39 is 17.5 Å². The van der Waals surface area contributed by atoms with Crippen molar-refractivity contribution < 1.29 is 22.7 Å². The van der Waals surface area contributed by atoms with Crippen molar-refractivity contribution in [3.63, 3.8) is 0 Å². The fourth-order valence-electron chi connectivity index (χ4n) is 4.11. The number of nitrogens with zero attached hydrogens (tertiary/aromatic N) is 2. The summed E-state index contributed by atoms with van der Waals surface area (Å²) >= 11 is 0. The van der Waals surface area contributed by atoms with Gasteiger partial charge in [-0.3, -0.25) is 4.98 Å². The van der Waals surface area contributed by atoms with Gasteiger partial charge in [-0.05, 0) is 43.4 Å². The Hall–Kier alpha value is -1.83. The molecule has 2 aliphatic rings. The van der Waals surface area contributed by atoms with Crippen LogP contribution in [0.5, 0.6) is 0 Å². The van der Waals surface area contributed by atoms with Crippen molar-refractivity contribution >= 4 is 6.03 Å². The van der Waals surface area contributed by atoms with Gasteiger partial charge in [-0.1, -0.05) is 0 Å². The Kier molecular flexibility index (Phi) is 5.41. The molecule has 144 valence electrons. The fourth-order valence-corrected chi connectivity index (χ4v) is 4.11. The van der Waals surface area contributed by atoms with E-state index in [0.29, 0.717) is 32.6 Å². The van der Waals surface area contributed by atoms with E-state index in [1.165, 1.54) is 4.90 Å². The number of hydrogen-bond acceptors (Lipinski definition) is 3. The van der Waals surface area contributed by atoms with Crippen LogP contribution in [0.15, 0.2) is 18.5 Å². The molecule has 1 N–H and O–H groups in total. The predicted molar refractivity (Wildman–Crippen MR) is 89.4 cm³/mol. The molecular weight excluding hydrogens is 347 g/mol. The lowest BCUT2D eigenvalue weighted by atomic mass is 9.66. The normalized spacial score (nSPS) is 23.1. The van der Waals surface area contributed by atoms with E-state index in [1.807, 2.05) is 13.0 Å². The van der Waals surface area contributed by atoms with Crippen molar-refractivity contribution in [1.82, 2.24) is 15.2 Å². The Bertz CT molecular complexity index is 645. The average molecular weight is 371 g/mol. The number of nitrogens with one attached hydrogen (secondary N) is 1. The monoisotopic (exact) mass is 371 g/mol. The van der Waals surface area contributed by atoms with Crippen LogP contribution >= 0.6 is 0 Å². The van der Waals surface area contributed by atoms with Crippen LogP contribution in [0, 0.1) is 18.3 Å². The SMILES string of the molecule is Cc1cnccc1CNC(=O)N1CC[C@@H](C(F)(F)F)C2(CCOCC2)C1. The molecule has 0 radical (unpaired) electrons. The highest BCUT2D eigenvalue weighted by Gasteiger charge is 2.56. The largest absolute Gasteiger partial charge is 0.392 e. The van der Waals surface area contributed by atoms with Crippen molar-refractivity contribution in [2.45, 2.75) is 38.9 Å². The standard InChI is InChI=1S/C18H24F3N3O2/c1-13-10-22-6-2-14(13)11-23-16(25)24-7-3-15(18(19,20)21)17(12-24)4-8-26-9-5-17/h2,6,10,15H,3-5,7-9,11-12H2,1H3,(H,23,25)/t15-/m1/s1. The molecule has 1 aromatic rings. The molecule has 1 atom stereocenters. The maximum atomic E-state index is 13.5. The van der Waals surface area contributed by atoms with Gasteiger partial charge in [-0.25, -0.2) is 4.79 Å². The third-order valence-corrected chi connectivity index (χ3v) is 5.67. The van der Waals surface area contributed by atoms with E-state index >= 15 is 0 Å². The Balaban J connectivity index is 1.67. The van der Waals surface area contributed by atoms with Gasteiger partial charge in [-0.2, -0.15) is 13.2 Å². The summed E-state index contributed by atoms with van der Waals surface area (Å²) < 4.78 is 45.9. The number of carbonyl (C=O) groups is 1. The molecule has 1 spiro atoms. The number of aromatic nitrogens is 1. The molecule has 2 fully saturated rings. The van der Waals surface area contributed by atoms with Gasteiger partial charge in [0.1, 0.15) is 0 Å². The van der Waals surface area contributed by atoms with Crippen LogP contribution in [0.1, 0.15) is 30.4 Å². The van der Waals surface area contributed by atoms with Gasteiger partial charge in [-0.15, -0.1) is 0 Å². The van der Waals surface area contributed by atoms with Gasteiger partial charge in [0.25, 0.3) is 0 Å². The summed E-state index contributed by atoms with van der Waals surface area (Å²) in [6, 6.07) is 1.51. The zero-order valence-electron chi connectivity index (χ0n) is 14.8. The summed E-state index contributed by atoms with van der Waals surface area (Å²) in [6.07, 6.45) is -0.248. The Morgan fingerprint density at radius 3 is 2.81 bits per heavy atom. The molecule has 0 aliphatic carbocycles.